The highest BCUT2D eigenvalue weighted by Gasteiger charge is 2.16. The summed E-state index contributed by atoms with van der Waals surface area (Å²) in [5, 5.41) is 8.70. The number of hydrogen-bond donors (Lipinski definition) is 1. The van der Waals surface area contributed by atoms with Gasteiger partial charge in [0, 0.05) is 6.42 Å². The number of ether oxygens (including phenoxy) is 2. The van der Waals surface area contributed by atoms with Crippen molar-refractivity contribution in [1.82, 2.24) is 0 Å². The second-order valence-electron chi connectivity index (χ2n) is 4.75. The number of rotatable bonds is 6. The molecule has 116 valence electrons. The predicted molar refractivity (Wildman–Crippen MR) is 80.9 cm³/mol. The molecule has 0 radical (unpaired) electrons. The van der Waals surface area contributed by atoms with Crippen molar-refractivity contribution in [2.75, 3.05) is 14.2 Å². The van der Waals surface area contributed by atoms with Crippen LogP contribution in [0, 0.1) is 5.82 Å². The second-order valence-corrected chi connectivity index (χ2v) is 4.75. The first kappa shape index (κ1) is 15.8. The van der Waals surface area contributed by atoms with Crippen LogP contribution in [0.1, 0.15) is 12.0 Å². The Morgan fingerprint density at radius 1 is 1.09 bits per heavy atom. The van der Waals surface area contributed by atoms with Crippen LogP contribution in [0.5, 0.6) is 11.5 Å². The molecule has 0 aliphatic carbocycles. The molecule has 2 rings (SSSR count). The van der Waals surface area contributed by atoms with Crippen molar-refractivity contribution in [3.63, 3.8) is 0 Å². The fraction of sp³-hybridized carbons (Fsp3) is 0.235. The van der Waals surface area contributed by atoms with E-state index < -0.39 is 11.8 Å². The van der Waals surface area contributed by atoms with Crippen LogP contribution in [0.2, 0.25) is 0 Å². The van der Waals surface area contributed by atoms with Gasteiger partial charge in [-0.05, 0) is 29.7 Å². The molecule has 0 heterocycles. The first-order valence-electron chi connectivity index (χ1n) is 6.78. The Kier molecular flexibility index (Phi) is 4.99. The molecule has 0 saturated carbocycles. The predicted octanol–water partition coefficient (Wildman–Crippen LogP) is 3.53. The Morgan fingerprint density at radius 3 is 2.32 bits per heavy atom. The third-order valence-corrected chi connectivity index (χ3v) is 3.37. The molecular formula is C17H17FO4. The van der Waals surface area contributed by atoms with Gasteiger partial charge in [-0.3, -0.25) is 4.79 Å². The van der Waals surface area contributed by atoms with E-state index in [1.807, 2.05) is 12.1 Å². The lowest BCUT2D eigenvalue weighted by atomic mass is 10.00. The summed E-state index contributed by atoms with van der Waals surface area (Å²) in [6, 6.07) is 10.1. The van der Waals surface area contributed by atoms with Crippen LogP contribution in [0.15, 0.2) is 36.4 Å². The Hall–Kier alpha value is -2.56. The smallest absolute Gasteiger partial charge is 0.303 e. The number of halogens is 1. The number of aryl methyl sites for hydroxylation is 1. The average molecular weight is 304 g/mol. The molecule has 0 aliphatic heterocycles. The van der Waals surface area contributed by atoms with Crippen LogP contribution in [0.25, 0.3) is 11.1 Å². The van der Waals surface area contributed by atoms with E-state index >= 15 is 0 Å². The van der Waals surface area contributed by atoms with Gasteiger partial charge in [0.25, 0.3) is 0 Å². The van der Waals surface area contributed by atoms with Crippen LogP contribution < -0.4 is 9.47 Å². The minimum atomic E-state index is -0.836. The number of hydrogen-bond acceptors (Lipinski definition) is 3. The van der Waals surface area contributed by atoms with Gasteiger partial charge in [-0.1, -0.05) is 24.3 Å². The summed E-state index contributed by atoms with van der Waals surface area (Å²) in [6.07, 6.45) is 0.527. The van der Waals surface area contributed by atoms with Gasteiger partial charge < -0.3 is 14.6 Å². The standard InChI is InChI=1S/C17H17FO4/c1-21-14-9-8-13(18)17(22-2)16(14)12-6-3-11(4-7-12)5-10-15(19)20/h3-4,6-9H,5,10H2,1-2H3,(H,19,20). The quantitative estimate of drug-likeness (QED) is 0.887. The molecule has 0 spiro atoms. The average Bonchev–Trinajstić information content (AvgIpc) is 2.53. The van der Waals surface area contributed by atoms with E-state index in [1.54, 1.807) is 18.2 Å². The molecule has 0 amide bonds. The third kappa shape index (κ3) is 3.36. The number of carbonyl (C=O) groups is 1. The van der Waals surface area contributed by atoms with Crippen molar-refractivity contribution in [2.45, 2.75) is 12.8 Å². The lowest BCUT2D eigenvalue weighted by molar-refractivity contribution is -0.136. The van der Waals surface area contributed by atoms with Crippen LogP contribution >= 0.6 is 0 Å². The maximum Gasteiger partial charge on any atom is 0.303 e. The SMILES string of the molecule is COc1ccc(F)c(OC)c1-c1ccc(CCC(=O)O)cc1. The minimum absolute atomic E-state index is 0.0754. The first-order valence-corrected chi connectivity index (χ1v) is 6.78. The summed E-state index contributed by atoms with van der Waals surface area (Å²) in [6.45, 7) is 0. The fourth-order valence-corrected chi connectivity index (χ4v) is 2.27. The van der Waals surface area contributed by atoms with Gasteiger partial charge in [0.05, 0.1) is 19.8 Å². The first-order chi connectivity index (χ1) is 10.6. The summed E-state index contributed by atoms with van der Waals surface area (Å²) in [7, 11) is 2.92. The highest BCUT2D eigenvalue weighted by Crippen LogP contribution is 2.40. The molecule has 4 nitrogen and oxygen atoms in total. The van der Waals surface area contributed by atoms with Crippen LogP contribution in [-0.2, 0) is 11.2 Å². The maximum absolute atomic E-state index is 13.9. The van der Waals surface area contributed by atoms with Crippen LogP contribution in [-0.4, -0.2) is 25.3 Å². The lowest BCUT2D eigenvalue weighted by Crippen LogP contribution is -1.98. The Morgan fingerprint density at radius 2 is 1.77 bits per heavy atom. The number of benzene rings is 2. The van der Waals surface area contributed by atoms with Crippen molar-refractivity contribution < 1.29 is 23.8 Å². The zero-order valence-electron chi connectivity index (χ0n) is 12.4. The summed E-state index contributed by atoms with van der Waals surface area (Å²) < 4.78 is 24.3. The van der Waals surface area contributed by atoms with Crippen LogP contribution in [0.3, 0.4) is 0 Å². The van der Waals surface area contributed by atoms with Gasteiger partial charge in [0.15, 0.2) is 11.6 Å². The highest BCUT2D eigenvalue weighted by molar-refractivity contribution is 5.77. The molecular weight excluding hydrogens is 287 g/mol. The summed E-state index contributed by atoms with van der Waals surface area (Å²) in [5.41, 5.74) is 2.18. The van der Waals surface area contributed by atoms with Gasteiger partial charge in [-0.15, -0.1) is 0 Å². The van der Waals surface area contributed by atoms with Gasteiger partial charge >= 0.3 is 5.97 Å². The van der Waals surface area contributed by atoms with Gasteiger partial charge in [-0.2, -0.15) is 0 Å². The molecule has 0 aromatic heterocycles. The maximum atomic E-state index is 13.9. The number of carboxylic acids is 1. The monoisotopic (exact) mass is 304 g/mol. The Bertz CT molecular complexity index is 665. The zero-order valence-corrected chi connectivity index (χ0v) is 12.4. The van der Waals surface area contributed by atoms with Crippen molar-refractivity contribution in [3.05, 3.63) is 47.8 Å². The molecule has 0 bridgehead atoms. The van der Waals surface area contributed by atoms with E-state index in [0.717, 1.165) is 11.1 Å². The Balaban J connectivity index is 2.39. The van der Waals surface area contributed by atoms with Crippen molar-refractivity contribution in [2.24, 2.45) is 0 Å². The number of carboxylic acid groups (broad SMARTS) is 1. The molecule has 5 heteroatoms. The molecule has 0 aliphatic rings. The molecule has 0 atom stereocenters. The lowest BCUT2D eigenvalue weighted by Gasteiger charge is -2.14. The molecule has 0 fully saturated rings. The van der Waals surface area contributed by atoms with E-state index in [4.69, 9.17) is 14.6 Å². The second kappa shape index (κ2) is 6.93. The Labute approximate surface area is 128 Å². The molecule has 0 unspecified atom stereocenters. The van der Waals surface area contributed by atoms with Crippen LogP contribution in [0.4, 0.5) is 4.39 Å². The molecule has 0 saturated heterocycles. The largest absolute Gasteiger partial charge is 0.496 e. The molecule has 2 aromatic carbocycles. The van der Waals surface area contributed by atoms with E-state index in [0.29, 0.717) is 17.7 Å². The summed E-state index contributed by atoms with van der Waals surface area (Å²) >= 11 is 0. The van der Waals surface area contributed by atoms with E-state index in [2.05, 4.69) is 0 Å². The van der Waals surface area contributed by atoms with E-state index in [9.17, 15) is 9.18 Å². The normalized spacial score (nSPS) is 10.3. The molecule has 2 aromatic rings. The van der Waals surface area contributed by atoms with Gasteiger partial charge in [0.2, 0.25) is 0 Å². The zero-order chi connectivity index (χ0) is 16.1. The number of methoxy groups -OCH3 is 2. The minimum Gasteiger partial charge on any atom is -0.496 e. The third-order valence-electron chi connectivity index (χ3n) is 3.37. The molecule has 22 heavy (non-hydrogen) atoms. The highest BCUT2D eigenvalue weighted by atomic mass is 19.1. The van der Waals surface area contributed by atoms with Gasteiger partial charge in [-0.25, -0.2) is 4.39 Å². The van der Waals surface area contributed by atoms with Crippen molar-refractivity contribution in [3.8, 4) is 22.6 Å². The van der Waals surface area contributed by atoms with E-state index in [1.165, 1.54) is 20.3 Å². The molecule has 1 N–H and O–H groups in total. The van der Waals surface area contributed by atoms with Gasteiger partial charge in [0.1, 0.15) is 5.75 Å². The number of aliphatic carboxylic acids is 1. The van der Waals surface area contributed by atoms with Crippen molar-refractivity contribution >= 4 is 5.97 Å². The topological polar surface area (TPSA) is 55.8 Å². The van der Waals surface area contributed by atoms with Crippen molar-refractivity contribution in [1.29, 1.82) is 0 Å². The fourth-order valence-electron chi connectivity index (χ4n) is 2.27. The van der Waals surface area contributed by atoms with E-state index in [-0.39, 0.29) is 12.2 Å². The summed E-state index contributed by atoms with van der Waals surface area (Å²) in [4.78, 5) is 10.6. The summed E-state index contributed by atoms with van der Waals surface area (Å²) in [5.74, 6) is -0.667.